The van der Waals surface area contributed by atoms with E-state index in [0.717, 1.165) is 13.0 Å². The maximum atomic E-state index is 6.01. The zero-order valence-corrected chi connectivity index (χ0v) is 11.8. The average Bonchev–Trinajstić information content (AvgIpc) is 2.22. The zero-order chi connectivity index (χ0) is 12.3. The molecule has 1 N–H and O–H groups in total. The Bertz CT molecular complexity index is 378. The normalized spacial score (nSPS) is 11.6. The van der Waals surface area contributed by atoms with E-state index in [2.05, 4.69) is 31.1 Å². The van der Waals surface area contributed by atoms with Crippen LogP contribution in [0.3, 0.4) is 0 Å². The molecule has 0 atom stereocenters. The lowest BCUT2D eigenvalue weighted by Gasteiger charge is -2.23. The van der Waals surface area contributed by atoms with E-state index < -0.39 is 0 Å². The summed E-state index contributed by atoms with van der Waals surface area (Å²) in [6.45, 7) is 7.27. The van der Waals surface area contributed by atoms with Crippen molar-refractivity contribution < 1.29 is 0 Å². The monoisotopic (exact) mass is 280 g/mol. The molecular weight excluding hydrogens is 266 g/mol. The first-order valence-corrected chi connectivity index (χ1v) is 6.24. The number of rotatable bonds is 4. The molecule has 0 fully saturated rings. The number of aromatic nitrogens is 1. The molecule has 2 nitrogen and oxygen atoms in total. The molecule has 0 aromatic carbocycles. The van der Waals surface area contributed by atoms with Crippen molar-refractivity contribution in [1.82, 2.24) is 4.98 Å². The smallest absolute Gasteiger partial charge is 0.150 e. The van der Waals surface area contributed by atoms with Gasteiger partial charge in [-0.05, 0) is 17.9 Å². The number of hydrogen-bond donors (Lipinski definition) is 1. The molecule has 1 heterocycles. The van der Waals surface area contributed by atoms with Crippen molar-refractivity contribution in [2.45, 2.75) is 27.2 Å². The summed E-state index contributed by atoms with van der Waals surface area (Å²) < 4.78 is 0. The van der Waals surface area contributed by atoms with Gasteiger partial charge >= 0.3 is 0 Å². The van der Waals surface area contributed by atoms with Crippen molar-refractivity contribution in [2.75, 3.05) is 11.9 Å². The molecule has 0 saturated heterocycles. The van der Waals surface area contributed by atoms with Gasteiger partial charge in [0.15, 0.2) is 0 Å². The van der Waals surface area contributed by atoms with Crippen LogP contribution in [0.1, 0.15) is 27.2 Å². The number of nitrogens with one attached hydrogen (secondary N) is 1. The minimum atomic E-state index is 0.192. The first-order valence-electron chi connectivity index (χ1n) is 5.11. The van der Waals surface area contributed by atoms with Crippen LogP contribution >= 0.6 is 34.8 Å². The van der Waals surface area contributed by atoms with Crippen molar-refractivity contribution in [3.8, 4) is 0 Å². The van der Waals surface area contributed by atoms with E-state index in [1.807, 2.05) is 0 Å². The fourth-order valence-electron chi connectivity index (χ4n) is 1.02. The van der Waals surface area contributed by atoms with Gasteiger partial charge in [0.1, 0.15) is 11.0 Å². The van der Waals surface area contributed by atoms with Crippen molar-refractivity contribution in [3.05, 3.63) is 21.3 Å². The maximum absolute atomic E-state index is 6.01. The van der Waals surface area contributed by atoms with Crippen molar-refractivity contribution in [2.24, 2.45) is 5.41 Å². The van der Waals surface area contributed by atoms with Crippen LogP contribution in [0.25, 0.3) is 0 Å². The van der Waals surface area contributed by atoms with Crippen LogP contribution in [0.4, 0.5) is 5.82 Å². The van der Waals surface area contributed by atoms with Crippen molar-refractivity contribution in [3.63, 3.8) is 0 Å². The quantitative estimate of drug-likeness (QED) is 0.795. The molecule has 0 aliphatic carbocycles. The molecule has 5 heteroatoms. The highest BCUT2D eigenvalue weighted by Crippen LogP contribution is 2.30. The van der Waals surface area contributed by atoms with Crippen LogP contribution in [0.2, 0.25) is 15.2 Å². The summed E-state index contributed by atoms with van der Waals surface area (Å²) >= 11 is 17.6. The topological polar surface area (TPSA) is 24.9 Å². The predicted molar refractivity (Wildman–Crippen MR) is 71.8 cm³/mol. The minimum absolute atomic E-state index is 0.192. The van der Waals surface area contributed by atoms with Gasteiger partial charge in [-0.15, -0.1) is 0 Å². The number of hydrogen-bond acceptors (Lipinski definition) is 2. The second-order valence-corrected chi connectivity index (χ2v) is 5.64. The highest BCUT2D eigenvalue weighted by Gasteiger charge is 2.16. The summed E-state index contributed by atoms with van der Waals surface area (Å²) in [5.41, 5.74) is 0.192. The van der Waals surface area contributed by atoms with Crippen LogP contribution in [0.15, 0.2) is 6.07 Å². The standard InChI is InChI=1S/C11H15Cl3N2/c1-4-11(2,3)6-15-10-8(13)5-7(12)9(14)16-10/h5H,4,6H2,1-3H3,(H,15,16). The van der Waals surface area contributed by atoms with Gasteiger partial charge < -0.3 is 5.32 Å². The Labute approximate surface area is 111 Å². The second-order valence-electron chi connectivity index (χ2n) is 4.46. The summed E-state index contributed by atoms with van der Waals surface area (Å²) in [6, 6.07) is 1.60. The molecule has 0 aliphatic rings. The molecule has 0 radical (unpaired) electrons. The van der Waals surface area contributed by atoms with Gasteiger partial charge in [0.2, 0.25) is 0 Å². The molecule has 0 saturated carbocycles. The summed E-state index contributed by atoms with van der Waals surface area (Å²) in [4.78, 5) is 4.10. The molecule has 1 rings (SSSR count). The third-order valence-electron chi connectivity index (χ3n) is 2.58. The Hall–Kier alpha value is -0.180. The highest BCUT2D eigenvalue weighted by molar-refractivity contribution is 6.42. The van der Waals surface area contributed by atoms with Gasteiger partial charge in [0.05, 0.1) is 10.0 Å². The third-order valence-corrected chi connectivity index (χ3v) is 3.54. The Morgan fingerprint density at radius 3 is 2.44 bits per heavy atom. The van der Waals surface area contributed by atoms with Gasteiger partial charge in [-0.25, -0.2) is 4.98 Å². The lowest BCUT2D eigenvalue weighted by molar-refractivity contribution is 0.376. The number of anilines is 1. The Morgan fingerprint density at radius 1 is 1.25 bits per heavy atom. The third kappa shape index (κ3) is 3.69. The number of pyridine rings is 1. The van der Waals surface area contributed by atoms with Crippen LogP contribution < -0.4 is 5.32 Å². The summed E-state index contributed by atoms with van der Waals surface area (Å²) in [5.74, 6) is 0.581. The molecule has 0 unspecified atom stereocenters. The first-order chi connectivity index (χ1) is 7.35. The van der Waals surface area contributed by atoms with E-state index >= 15 is 0 Å². The maximum Gasteiger partial charge on any atom is 0.150 e. The van der Waals surface area contributed by atoms with E-state index in [1.54, 1.807) is 6.07 Å². The first kappa shape index (κ1) is 13.9. The molecule has 1 aromatic heterocycles. The van der Waals surface area contributed by atoms with Gasteiger partial charge in [0, 0.05) is 6.54 Å². The molecule has 16 heavy (non-hydrogen) atoms. The molecule has 1 aromatic rings. The van der Waals surface area contributed by atoms with Gasteiger partial charge in [0.25, 0.3) is 0 Å². The Morgan fingerprint density at radius 2 is 1.88 bits per heavy atom. The van der Waals surface area contributed by atoms with Crippen molar-refractivity contribution in [1.29, 1.82) is 0 Å². The SMILES string of the molecule is CCC(C)(C)CNc1nc(Cl)c(Cl)cc1Cl. The fourth-order valence-corrected chi connectivity index (χ4v) is 1.58. The summed E-state index contributed by atoms with van der Waals surface area (Å²) in [7, 11) is 0. The van der Waals surface area contributed by atoms with Gasteiger partial charge in [-0.1, -0.05) is 55.6 Å². The molecule has 0 aliphatic heterocycles. The fraction of sp³-hybridized carbons (Fsp3) is 0.545. The summed E-state index contributed by atoms with van der Waals surface area (Å²) in [6.07, 6.45) is 1.07. The highest BCUT2D eigenvalue weighted by atomic mass is 35.5. The molecule has 0 bridgehead atoms. The van der Waals surface area contributed by atoms with E-state index in [1.165, 1.54) is 0 Å². The van der Waals surface area contributed by atoms with Gasteiger partial charge in [-0.2, -0.15) is 0 Å². The average molecular weight is 282 g/mol. The van der Waals surface area contributed by atoms with Crippen LogP contribution in [-0.4, -0.2) is 11.5 Å². The lowest BCUT2D eigenvalue weighted by atomic mass is 9.90. The molecular formula is C11H15Cl3N2. The Balaban J connectivity index is 2.79. The minimum Gasteiger partial charge on any atom is -0.368 e. The van der Waals surface area contributed by atoms with Crippen LogP contribution in [0.5, 0.6) is 0 Å². The predicted octanol–water partition coefficient (Wildman–Crippen LogP) is 4.89. The second kappa shape index (κ2) is 5.44. The number of nitrogens with zero attached hydrogens (tertiary/aromatic N) is 1. The van der Waals surface area contributed by atoms with Crippen molar-refractivity contribution >= 4 is 40.6 Å². The zero-order valence-electron chi connectivity index (χ0n) is 9.57. The number of halogens is 3. The lowest BCUT2D eigenvalue weighted by Crippen LogP contribution is -2.22. The molecule has 90 valence electrons. The van der Waals surface area contributed by atoms with Crippen LogP contribution in [-0.2, 0) is 0 Å². The summed E-state index contributed by atoms with van der Waals surface area (Å²) in [5, 5.41) is 4.31. The molecule has 0 amide bonds. The van der Waals surface area contributed by atoms with Crippen LogP contribution in [0, 0.1) is 5.41 Å². The van der Waals surface area contributed by atoms with E-state index in [9.17, 15) is 0 Å². The van der Waals surface area contributed by atoms with Gasteiger partial charge in [-0.3, -0.25) is 0 Å². The van der Waals surface area contributed by atoms with E-state index in [-0.39, 0.29) is 10.6 Å². The largest absolute Gasteiger partial charge is 0.368 e. The Kier molecular flexibility index (Phi) is 4.72. The van der Waals surface area contributed by atoms with E-state index in [4.69, 9.17) is 34.8 Å². The van der Waals surface area contributed by atoms with E-state index in [0.29, 0.717) is 15.9 Å². The molecule has 0 spiro atoms.